The van der Waals surface area contributed by atoms with Crippen LogP contribution in [0, 0.1) is 0 Å². The van der Waals surface area contributed by atoms with Crippen LogP contribution in [-0.4, -0.2) is 77.1 Å². The molecule has 2 saturated heterocycles. The molecule has 0 spiro atoms. The summed E-state index contributed by atoms with van der Waals surface area (Å²) >= 11 is 0. The molecule has 2 aromatic rings. The Morgan fingerprint density at radius 3 is 1.96 bits per heavy atom. The van der Waals surface area contributed by atoms with Crippen molar-refractivity contribution in [2.45, 2.75) is 37.8 Å². The second-order valence-corrected chi connectivity index (χ2v) is 7.71. The van der Waals surface area contributed by atoms with Gasteiger partial charge in [0.25, 0.3) is 0 Å². The highest BCUT2D eigenvalue weighted by Crippen LogP contribution is 2.25. The Bertz CT molecular complexity index is 671. The van der Waals surface area contributed by atoms with Gasteiger partial charge < -0.3 is 20.4 Å². The highest BCUT2D eigenvalue weighted by atomic mass is 15.2. The molecular weight excluding hydrogens is 326 g/mol. The molecule has 0 aliphatic carbocycles. The van der Waals surface area contributed by atoms with E-state index in [0.717, 1.165) is 69.0 Å². The summed E-state index contributed by atoms with van der Waals surface area (Å²) in [6.45, 7) is 4.49. The van der Waals surface area contributed by atoms with Crippen molar-refractivity contribution in [2.24, 2.45) is 0 Å². The van der Waals surface area contributed by atoms with Crippen LogP contribution in [0.5, 0.6) is 0 Å². The molecule has 7 heteroatoms. The van der Waals surface area contributed by atoms with Crippen LogP contribution in [0.2, 0.25) is 0 Å². The number of nitrogens with zero attached hydrogens (tertiary/aromatic N) is 5. The van der Waals surface area contributed by atoms with E-state index >= 15 is 0 Å². The lowest BCUT2D eigenvalue weighted by Gasteiger charge is -2.32. The van der Waals surface area contributed by atoms with Crippen LogP contribution in [0.4, 0.5) is 11.6 Å². The van der Waals surface area contributed by atoms with Crippen molar-refractivity contribution in [3.8, 4) is 0 Å². The summed E-state index contributed by atoms with van der Waals surface area (Å²) in [5, 5.41) is 7.31. The molecule has 0 radical (unpaired) electrons. The second kappa shape index (κ2) is 7.72. The standard InChI is InChI=1S/C19H29N7/c1-25-10-5-14(6-11-25)21-18-19(22-15-7-12-26(2)13-8-15)24-17-16(23-18)4-3-9-20-17/h3-4,9,14-15H,5-8,10-13H2,1-2H3,(H,21,23)(H,20,22,24). The third kappa shape index (κ3) is 4.04. The summed E-state index contributed by atoms with van der Waals surface area (Å²) in [4.78, 5) is 18.8. The number of piperidine rings is 2. The molecule has 0 bridgehead atoms. The van der Waals surface area contributed by atoms with Crippen LogP contribution in [0.1, 0.15) is 25.7 Å². The highest BCUT2D eigenvalue weighted by molar-refractivity contribution is 5.77. The maximum atomic E-state index is 4.85. The van der Waals surface area contributed by atoms with E-state index in [1.807, 2.05) is 12.1 Å². The van der Waals surface area contributed by atoms with Gasteiger partial charge in [-0.2, -0.15) is 0 Å². The van der Waals surface area contributed by atoms with Crippen molar-refractivity contribution in [1.29, 1.82) is 0 Å². The van der Waals surface area contributed by atoms with Gasteiger partial charge in [-0.05, 0) is 78.1 Å². The van der Waals surface area contributed by atoms with Crippen molar-refractivity contribution in [3.63, 3.8) is 0 Å². The lowest BCUT2D eigenvalue weighted by atomic mass is 10.1. The van der Waals surface area contributed by atoms with Crippen LogP contribution in [0.15, 0.2) is 18.3 Å². The number of hydrogen-bond donors (Lipinski definition) is 2. The first-order chi connectivity index (χ1) is 12.7. The van der Waals surface area contributed by atoms with Gasteiger partial charge >= 0.3 is 0 Å². The van der Waals surface area contributed by atoms with Crippen molar-refractivity contribution < 1.29 is 0 Å². The Morgan fingerprint density at radius 2 is 1.38 bits per heavy atom. The number of nitrogens with one attached hydrogen (secondary N) is 2. The number of aromatic nitrogens is 3. The molecule has 2 aromatic heterocycles. The smallest absolute Gasteiger partial charge is 0.180 e. The van der Waals surface area contributed by atoms with E-state index in [1.54, 1.807) is 6.20 Å². The van der Waals surface area contributed by atoms with Crippen LogP contribution in [0.3, 0.4) is 0 Å². The Labute approximate surface area is 155 Å². The van der Waals surface area contributed by atoms with Gasteiger partial charge in [0, 0.05) is 18.3 Å². The van der Waals surface area contributed by atoms with Crippen molar-refractivity contribution in [3.05, 3.63) is 18.3 Å². The van der Waals surface area contributed by atoms with E-state index in [4.69, 9.17) is 9.97 Å². The fourth-order valence-corrected chi connectivity index (χ4v) is 3.79. The topological polar surface area (TPSA) is 69.2 Å². The van der Waals surface area contributed by atoms with E-state index in [2.05, 4.69) is 39.5 Å². The van der Waals surface area contributed by atoms with Crippen molar-refractivity contribution in [2.75, 3.05) is 50.9 Å². The molecule has 0 atom stereocenters. The zero-order valence-corrected chi connectivity index (χ0v) is 15.8. The molecule has 2 N–H and O–H groups in total. The minimum absolute atomic E-state index is 0.444. The van der Waals surface area contributed by atoms with Crippen molar-refractivity contribution >= 4 is 22.8 Å². The molecule has 0 amide bonds. The molecule has 140 valence electrons. The number of hydrogen-bond acceptors (Lipinski definition) is 7. The predicted molar refractivity (Wildman–Crippen MR) is 106 cm³/mol. The normalized spacial score (nSPS) is 21.2. The molecule has 4 heterocycles. The quantitative estimate of drug-likeness (QED) is 0.870. The largest absolute Gasteiger partial charge is 0.364 e. The third-order valence-corrected chi connectivity index (χ3v) is 5.56. The first kappa shape index (κ1) is 17.4. The average Bonchev–Trinajstić information content (AvgIpc) is 2.66. The van der Waals surface area contributed by atoms with Crippen LogP contribution in [-0.2, 0) is 0 Å². The van der Waals surface area contributed by atoms with Gasteiger partial charge in [-0.1, -0.05) is 0 Å². The molecular formula is C19H29N7. The van der Waals surface area contributed by atoms with E-state index in [9.17, 15) is 0 Å². The van der Waals surface area contributed by atoms with E-state index in [1.165, 1.54) is 0 Å². The number of anilines is 2. The number of likely N-dealkylation sites (tertiary alicyclic amines) is 2. The van der Waals surface area contributed by atoms with Gasteiger partial charge in [0.2, 0.25) is 0 Å². The lowest BCUT2D eigenvalue weighted by Crippen LogP contribution is -2.38. The number of pyridine rings is 1. The third-order valence-electron chi connectivity index (χ3n) is 5.56. The first-order valence-electron chi connectivity index (χ1n) is 9.70. The second-order valence-electron chi connectivity index (χ2n) is 7.71. The van der Waals surface area contributed by atoms with Gasteiger partial charge in [0.15, 0.2) is 17.3 Å². The molecule has 0 unspecified atom stereocenters. The van der Waals surface area contributed by atoms with E-state index in [0.29, 0.717) is 17.7 Å². The Kier molecular flexibility index (Phi) is 5.17. The Hall–Kier alpha value is -1.99. The number of rotatable bonds is 4. The summed E-state index contributed by atoms with van der Waals surface area (Å²) in [5.41, 5.74) is 1.55. The minimum Gasteiger partial charge on any atom is -0.364 e. The monoisotopic (exact) mass is 355 g/mol. The number of fused-ring (bicyclic) bond motifs is 1. The fraction of sp³-hybridized carbons (Fsp3) is 0.632. The summed E-state index contributed by atoms with van der Waals surface area (Å²) in [6.07, 6.45) is 6.31. The highest BCUT2D eigenvalue weighted by Gasteiger charge is 2.22. The fourth-order valence-electron chi connectivity index (χ4n) is 3.79. The predicted octanol–water partition coefficient (Wildman–Crippen LogP) is 2.04. The van der Waals surface area contributed by atoms with Gasteiger partial charge in [-0.3, -0.25) is 0 Å². The zero-order valence-electron chi connectivity index (χ0n) is 15.8. The zero-order chi connectivity index (χ0) is 17.9. The van der Waals surface area contributed by atoms with Crippen molar-refractivity contribution in [1.82, 2.24) is 24.8 Å². The Morgan fingerprint density at radius 1 is 0.846 bits per heavy atom. The van der Waals surface area contributed by atoms with Gasteiger partial charge in [-0.15, -0.1) is 0 Å². The molecule has 0 aromatic carbocycles. The molecule has 2 fully saturated rings. The molecule has 4 rings (SSSR count). The first-order valence-corrected chi connectivity index (χ1v) is 9.70. The van der Waals surface area contributed by atoms with E-state index in [-0.39, 0.29) is 0 Å². The molecule has 0 saturated carbocycles. The van der Waals surface area contributed by atoms with Crippen LogP contribution < -0.4 is 10.6 Å². The van der Waals surface area contributed by atoms with Gasteiger partial charge in [0.1, 0.15) is 5.52 Å². The summed E-state index contributed by atoms with van der Waals surface area (Å²) < 4.78 is 0. The lowest BCUT2D eigenvalue weighted by molar-refractivity contribution is 0.262. The SMILES string of the molecule is CN1CCC(Nc2nc3cccnc3nc2NC2CCN(C)CC2)CC1. The molecule has 7 nitrogen and oxygen atoms in total. The summed E-state index contributed by atoms with van der Waals surface area (Å²) in [7, 11) is 4.37. The Balaban J connectivity index is 1.56. The molecule has 26 heavy (non-hydrogen) atoms. The van der Waals surface area contributed by atoms with Gasteiger partial charge in [0.05, 0.1) is 0 Å². The van der Waals surface area contributed by atoms with E-state index < -0.39 is 0 Å². The maximum Gasteiger partial charge on any atom is 0.180 e. The van der Waals surface area contributed by atoms with Crippen LogP contribution >= 0.6 is 0 Å². The van der Waals surface area contributed by atoms with Gasteiger partial charge in [-0.25, -0.2) is 15.0 Å². The minimum atomic E-state index is 0.444. The summed E-state index contributed by atoms with van der Waals surface area (Å²) in [5.74, 6) is 1.73. The molecule has 2 aliphatic rings. The molecule has 2 aliphatic heterocycles. The van der Waals surface area contributed by atoms with Crippen LogP contribution in [0.25, 0.3) is 11.2 Å². The summed E-state index contributed by atoms with van der Waals surface area (Å²) in [6, 6.07) is 4.79. The maximum absolute atomic E-state index is 4.85. The average molecular weight is 355 g/mol.